The number of carbonyl (C=O) groups excluding carboxylic acids is 1. The average molecular weight is 336 g/mol. The van der Waals surface area contributed by atoms with Crippen LogP contribution in [0.4, 0.5) is 0 Å². The summed E-state index contributed by atoms with van der Waals surface area (Å²) >= 11 is 0. The van der Waals surface area contributed by atoms with E-state index in [0.29, 0.717) is 5.56 Å². The molecule has 1 aromatic carbocycles. The predicted molar refractivity (Wildman–Crippen MR) is 94.6 cm³/mol. The van der Waals surface area contributed by atoms with E-state index in [0.717, 1.165) is 47.4 Å². The smallest absolute Gasteiger partial charge is 0.256 e. The monoisotopic (exact) mass is 336 g/mol. The van der Waals surface area contributed by atoms with E-state index in [1.165, 1.54) is 0 Å². The van der Waals surface area contributed by atoms with Gasteiger partial charge in [-0.2, -0.15) is 0 Å². The van der Waals surface area contributed by atoms with Gasteiger partial charge in [0.1, 0.15) is 5.75 Å². The first kappa shape index (κ1) is 15.6. The molecule has 0 bridgehead atoms. The molecule has 0 aliphatic carbocycles. The van der Waals surface area contributed by atoms with Gasteiger partial charge in [0.05, 0.1) is 36.3 Å². The second-order valence-electron chi connectivity index (χ2n) is 6.36. The van der Waals surface area contributed by atoms with Gasteiger partial charge >= 0.3 is 0 Å². The van der Waals surface area contributed by atoms with Crippen LogP contribution in [0.2, 0.25) is 0 Å². The fourth-order valence-electron chi connectivity index (χ4n) is 3.52. The number of hydrogen-bond acceptors (Lipinski definition) is 4. The quantitative estimate of drug-likeness (QED) is 0.797. The third kappa shape index (κ3) is 2.73. The molecular formula is C19H20N4O2. The van der Waals surface area contributed by atoms with Gasteiger partial charge < -0.3 is 14.6 Å². The minimum atomic E-state index is -0.0181. The van der Waals surface area contributed by atoms with Gasteiger partial charge in [0.15, 0.2) is 0 Å². The largest absolute Gasteiger partial charge is 0.497 e. The van der Waals surface area contributed by atoms with E-state index in [2.05, 4.69) is 15.0 Å². The number of likely N-dealkylation sites (tertiary alicyclic amines) is 1. The molecular weight excluding hydrogens is 316 g/mol. The Bertz CT molecular complexity index is 934. The van der Waals surface area contributed by atoms with Crippen LogP contribution in [-0.2, 0) is 0 Å². The predicted octanol–water partition coefficient (Wildman–Crippen LogP) is 3.25. The average Bonchev–Trinajstić information content (AvgIpc) is 3.27. The van der Waals surface area contributed by atoms with Crippen molar-refractivity contribution in [3.05, 3.63) is 53.7 Å². The number of benzene rings is 1. The number of aromatic amines is 1. The molecule has 2 aromatic heterocycles. The van der Waals surface area contributed by atoms with Crippen LogP contribution in [0.5, 0.6) is 5.75 Å². The lowest BCUT2D eigenvalue weighted by atomic mass is 10.1. The maximum Gasteiger partial charge on any atom is 0.256 e. The van der Waals surface area contributed by atoms with Crippen molar-refractivity contribution < 1.29 is 9.53 Å². The van der Waals surface area contributed by atoms with Crippen molar-refractivity contribution in [2.24, 2.45) is 0 Å². The number of amides is 1. The number of aromatic nitrogens is 3. The van der Waals surface area contributed by atoms with Gasteiger partial charge in [-0.05, 0) is 38.0 Å². The molecule has 1 atom stereocenters. The van der Waals surface area contributed by atoms with Crippen molar-refractivity contribution >= 4 is 16.8 Å². The molecule has 0 spiro atoms. The minimum absolute atomic E-state index is 0.0181. The van der Waals surface area contributed by atoms with Crippen molar-refractivity contribution in [3.8, 4) is 5.75 Å². The SMILES string of the molecule is COc1ccc2[nH]cc(C(=O)N3CCC[C@H]3c3cncc(C)n3)c2c1. The van der Waals surface area contributed by atoms with E-state index in [-0.39, 0.29) is 11.9 Å². The number of H-pyrrole nitrogens is 1. The van der Waals surface area contributed by atoms with E-state index >= 15 is 0 Å². The van der Waals surface area contributed by atoms with Gasteiger partial charge in [-0.25, -0.2) is 0 Å². The first-order valence-electron chi connectivity index (χ1n) is 8.42. The van der Waals surface area contributed by atoms with E-state index < -0.39 is 0 Å². The second kappa shape index (κ2) is 6.20. The lowest BCUT2D eigenvalue weighted by Crippen LogP contribution is -2.31. The summed E-state index contributed by atoms with van der Waals surface area (Å²) in [5.74, 6) is 0.758. The van der Waals surface area contributed by atoms with Gasteiger partial charge in [-0.3, -0.25) is 14.8 Å². The number of rotatable bonds is 3. The Morgan fingerprint density at radius 1 is 1.36 bits per heavy atom. The van der Waals surface area contributed by atoms with Crippen LogP contribution < -0.4 is 4.74 Å². The third-order valence-electron chi connectivity index (χ3n) is 4.75. The maximum atomic E-state index is 13.2. The Labute approximate surface area is 145 Å². The van der Waals surface area contributed by atoms with Crippen molar-refractivity contribution in [2.45, 2.75) is 25.8 Å². The molecule has 1 saturated heterocycles. The molecule has 1 amide bonds. The molecule has 128 valence electrons. The summed E-state index contributed by atoms with van der Waals surface area (Å²) in [4.78, 5) is 27.1. The lowest BCUT2D eigenvalue weighted by Gasteiger charge is -2.24. The highest BCUT2D eigenvalue weighted by Crippen LogP contribution is 2.33. The summed E-state index contributed by atoms with van der Waals surface area (Å²) in [7, 11) is 1.63. The summed E-state index contributed by atoms with van der Waals surface area (Å²) in [5, 5.41) is 0.880. The van der Waals surface area contributed by atoms with Crippen LogP contribution >= 0.6 is 0 Å². The van der Waals surface area contributed by atoms with Gasteiger partial charge in [0, 0.05) is 29.8 Å². The Morgan fingerprint density at radius 3 is 3.04 bits per heavy atom. The summed E-state index contributed by atoms with van der Waals surface area (Å²) in [6.07, 6.45) is 7.16. The Hall–Kier alpha value is -2.89. The van der Waals surface area contributed by atoms with Crippen LogP contribution in [0, 0.1) is 6.92 Å². The molecule has 0 unspecified atom stereocenters. The standard InChI is InChI=1S/C19H20N4O2/c1-12-9-20-11-17(22-12)18-4-3-7-23(18)19(24)15-10-21-16-6-5-13(25-2)8-14(15)16/h5-6,8-11,18,21H,3-4,7H2,1-2H3/t18-/m0/s1. The summed E-state index contributed by atoms with van der Waals surface area (Å²) in [6.45, 7) is 2.65. The Morgan fingerprint density at radius 2 is 2.24 bits per heavy atom. The molecule has 1 aliphatic heterocycles. The zero-order valence-corrected chi connectivity index (χ0v) is 14.3. The zero-order chi connectivity index (χ0) is 17.4. The Kier molecular flexibility index (Phi) is 3.87. The molecule has 0 radical (unpaired) electrons. The molecule has 1 N–H and O–H groups in total. The van der Waals surface area contributed by atoms with Crippen molar-refractivity contribution in [1.29, 1.82) is 0 Å². The molecule has 1 fully saturated rings. The molecule has 3 aromatic rings. The number of nitrogens with zero attached hydrogens (tertiary/aromatic N) is 3. The van der Waals surface area contributed by atoms with Gasteiger partial charge in [0.25, 0.3) is 5.91 Å². The number of aryl methyl sites for hydroxylation is 1. The Balaban J connectivity index is 1.70. The van der Waals surface area contributed by atoms with Crippen LogP contribution in [-0.4, -0.2) is 39.4 Å². The van der Waals surface area contributed by atoms with Crippen LogP contribution in [0.15, 0.2) is 36.8 Å². The van der Waals surface area contributed by atoms with E-state index in [9.17, 15) is 4.79 Å². The van der Waals surface area contributed by atoms with E-state index in [4.69, 9.17) is 4.74 Å². The number of nitrogens with one attached hydrogen (secondary N) is 1. The number of carbonyl (C=O) groups is 1. The highest BCUT2D eigenvalue weighted by atomic mass is 16.5. The molecule has 6 heteroatoms. The first-order chi connectivity index (χ1) is 12.2. The second-order valence-corrected chi connectivity index (χ2v) is 6.36. The summed E-state index contributed by atoms with van der Waals surface area (Å²) in [5.41, 5.74) is 3.33. The maximum absolute atomic E-state index is 13.2. The topological polar surface area (TPSA) is 71.1 Å². The van der Waals surface area contributed by atoms with Crippen LogP contribution in [0.1, 0.15) is 40.6 Å². The van der Waals surface area contributed by atoms with Crippen molar-refractivity contribution in [1.82, 2.24) is 19.9 Å². The summed E-state index contributed by atoms with van der Waals surface area (Å²) < 4.78 is 5.30. The first-order valence-corrected chi connectivity index (χ1v) is 8.42. The van der Waals surface area contributed by atoms with Gasteiger partial charge in [-0.1, -0.05) is 0 Å². The number of methoxy groups -OCH3 is 1. The van der Waals surface area contributed by atoms with Gasteiger partial charge in [0.2, 0.25) is 0 Å². The van der Waals surface area contributed by atoms with Crippen molar-refractivity contribution in [2.75, 3.05) is 13.7 Å². The van der Waals surface area contributed by atoms with E-state index in [1.54, 1.807) is 25.7 Å². The lowest BCUT2D eigenvalue weighted by molar-refractivity contribution is 0.0734. The molecule has 4 rings (SSSR count). The number of fused-ring (bicyclic) bond motifs is 1. The minimum Gasteiger partial charge on any atom is -0.497 e. The van der Waals surface area contributed by atoms with Crippen molar-refractivity contribution in [3.63, 3.8) is 0 Å². The fourth-order valence-corrected chi connectivity index (χ4v) is 3.52. The molecule has 0 saturated carbocycles. The molecule has 3 heterocycles. The molecule has 6 nitrogen and oxygen atoms in total. The van der Waals surface area contributed by atoms with Gasteiger partial charge in [-0.15, -0.1) is 0 Å². The highest BCUT2D eigenvalue weighted by molar-refractivity contribution is 6.07. The third-order valence-corrected chi connectivity index (χ3v) is 4.75. The van der Waals surface area contributed by atoms with E-state index in [1.807, 2.05) is 30.0 Å². The molecule has 25 heavy (non-hydrogen) atoms. The number of ether oxygens (including phenoxy) is 1. The van der Waals surface area contributed by atoms with Crippen LogP contribution in [0.3, 0.4) is 0 Å². The fraction of sp³-hybridized carbons (Fsp3) is 0.316. The molecule has 1 aliphatic rings. The zero-order valence-electron chi connectivity index (χ0n) is 14.3. The van der Waals surface area contributed by atoms with Crippen LogP contribution in [0.25, 0.3) is 10.9 Å². The highest BCUT2D eigenvalue weighted by Gasteiger charge is 2.32. The normalized spacial score (nSPS) is 17.2. The summed E-state index contributed by atoms with van der Waals surface area (Å²) in [6, 6.07) is 5.69. The number of hydrogen-bond donors (Lipinski definition) is 1.